The van der Waals surface area contributed by atoms with E-state index in [0.717, 1.165) is 0 Å². The number of phenols is 1. The van der Waals surface area contributed by atoms with Crippen LogP contribution in [0.5, 0.6) is 5.75 Å². The third kappa shape index (κ3) is 3.55. The molecule has 1 saturated heterocycles. The fraction of sp³-hybridized carbons (Fsp3) is 0.0833. The van der Waals surface area contributed by atoms with E-state index in [1.807, 2.05) is 0 Å². The Labute approximate surface area is 172 Å². The van der Waals surface area contributed by atoms with E-state index in [4.69, 9.17) is 0 Å². The molecule has 1 aliphatic rings. The standard InChI is InChI=1S/C24H18FNO4/c25-18-10-6-15(7-11-18)14-26-21(16-8-12-19(27)13-9-16)20(23(29)24(26)30)22(28)17-4-2-1-3-5-17/h1-13,21,27-28H,14H2/b22-20-. The first kappa shape index (κ1) is 19.4. The number of Topliss-reactive ketones (excluding diaryl/α,β-unsaturated/α-hetero) is 1. The fourth-order valence-electron chi connectivity index (χ4n) is 3.58. The summed E-state index contributed by atoms with van der Waals surface area (Å²) in [4.78, 5) is 27.1. The quantitative estimate of drug-likeness (QED) is 0.390. The molecule has 3 aromatic carbocycles. The third-order valence-corrected chi connectivity index (χ3v) is 5.06. The fourth-order valence-corrected chi connectivity index (χ4v) is 3.58. The number of rotatable bonds is 4. The number of aliphatic hydroxyl groups is 1. The highest BCUT2D eigenvalue weighted by Gasteiger charge is 2.46. The number of hydrogen-bond donors (Lipinski definition) is 2. The van der Waals surface area contributed by atoms with Gasteiger partial charge in [0.15, 0.2) is 0 Å². The van der Waals surface area contributed by atoms with Crippen LogP contribution >= 0.6 is 0 Å². The average Bonchev–Trinajstić information content (AvgIpc) is 3.01. The molecule has 0 bridgehead atoms. The summed E-state index contributed by atoms with van der Waals surface area (Å²) in [6.45, 7) is 0.0575. The van der Waals surface area contributed by atoms with E-state index < -0.39 is 23.5 Å². The van der Waals surface area contributed by atoms with Crippen LogP contribution in [-0.4, -0.2) is 26.8 Å². The molecule has 1 heterocycles. The Bertz CT molecular complexity index is 1120. The zero-order valence-electron chi connectivity index (χ0n) is 15.8. The average molecular weight is 403 g/mol. The number of amides is 1. The van der Waals surface area contributed by atoms with Gasteiger partial charge in [0.25, 0.3) is 11.7 Å². The van der Waals surface area contributed by atoms with Crippen LogP contribution in [0.15, 0.2) is 84.4 Å². The molecule has 6 heteroatoms. The van der Waals surface area contributed by atoms with Gasteiger partial charge in [-0.05, 0) is 35.4 Å². The van der Waals surface area contributed by atoms with Crippen molar-refractivity contribution >= 4 is 17.4 Å². The van der Waals surface area contributed by atoms with Crippen molar-refractivity contribution in [1.82, 2.24) is 4.90 Å². The third-order valence-electron chi connectivity index (χ3n) is 5.06. The predicted octanol–water partition coefficient (Wildman–Crippen LogP) is 4.15. The zero-order valence-corrected chi connectivity index (χ0v) is 15.8. The molecule has 5 nitrogen and oxygen atoms in total. The largest absolute Gasteiger partial charge is 0.508 e. The summed E-state index contributed by atoms with van der Waals surface area (Å²) in [5, 5.41) is 20.5. The minimum atomic E-state index is -0.851. The number of aliphatic hydroxyl groups excluding tert-OH is 1. The van der Waals surface area contributed by atoms with Crippen LogP contribution in [0.2, 0.25) is 0 Å². The number of nitrogens with zero attached hydrogens (tertiary/aromatic N) is 1. The molecular formula is C24H18FNO4. The summed E-state index contributed by atoms with van der Waals surface area (Å²) in [6.07, 6.45) is 0. The smallest absolute Gasteiger partial charge is 0.295 e. The Morgan fingerprint density at radius 2 is 1.53 bits per heavy atom. The Hall–Kier alpha value is -3.93. The van der Waals surface area contributed by atoms with Crippen molar-refractivity contribution in [2.24, 2.45) is 0 Å². The molecule has 0 radical (unpaired) electrons. The number of phenolic OH excluding ortho intramolecular Hbond substituents is 1. The summed E-state index contributed by atoms with van der Waals surface area (Å²) in [5.74, 6) is -2.18. The van der Waals surface area contributed by atoms with E-state index in [9.17, 15) is 24.2 Å². The van der Waals surface area contributed by atoms with Gasteiger partial charge in [-0.2, -0.15) is 0 Å². The lowest BCUT2D eigenvalue weighted by Gasteiger charge is -2.25. The molecule has 3 aromatic rings. The van der Waals surface area contributed by atoms with Crippen molar-refractivity contribution in [2.75, 3.05) is 0 Å². The number of halogens is 1. The van der Waals surface area contributed by atoms with Gasteiger partial charge in [-0.1, -0.05) is 54.6 Å². The first-order valence-electron chi connectivity index (χ1n) is 9.33. The van der Waals surface area contributed by atoms with E-state index in [1.165, 1.54) is 29.2 Å². The normalized spacial score (nSPS) is 18.0. The second kappa shape index (κ2) is 7.83. The second-order valence-corrected chi connectivity index (χ2v) is 7.01. The molecule has 0 saturated carbocycles. The first-order valence-corrected chi connectivity index (χ1v) is 9.33. The highest BCUT2D eigenvalue weighted by Crippen LogP contribution is 2.40. The number of likely N-dealkylation sites (tertiary alicyclic amines) is 1. The molecule has 1 amide bonds. The van der Waals surface area contributed by atoms with Gasteiger partial charge in [-0.3, -0.25) is 9.59 Å². The van der Waals surface area contributed by atoms with E-state index in [1.54, 1.807) is 54.6 Å². The Kier molecular flexibility index (Phi) is 5.06. The number of aromatic hydroxyl groups is 1. The van der Waals surface area contributed by atoms with Crippen LogP contribution in [0.25, 0.3) is 5.76 Å². The minimum Gasteiger partial charge on any atom is -0.508 e. The summed E-state index contributed by atoms with van der Waals surface area (Å²) in [5.41, 5.74) is 1.59. The number of hydrogen-bond acceptors (Lipinski definition) is 4. The monoisotopic (exact) mass is 403 g/mol. The molecular weight excluding hydrogens is 385 g/mol. The maximum atomic E-state index is 13.3. The number of carbonyl (C=O) groups excluding carboxylic acids is 2. The van der Waals surface area contributed by atoms with Crippen molar-refractivity contribution in [3.05, 3.63) is 107 Å². The maximum Gasteiger partial charge on any atom is 0.295 e. The van der Waals surface area contributed by atoms with Crippen LogP contribution in [0.3, 0.4) is 0 Å². The summed E-state index contributed by atoms with van der Waals surface area (Å²) >= 11 is 0. The Morgan fingerprint density at radius 3 is 2.17 bits per heavy atom. The lowest BCUT2D eigenvalue weighted by molar-refractivity contribution is -0.140. The van der Waals surface area contributed by atoms with Crippen LogP contribution in [-0.2, 0) is 16.1 Å². The molecule has 0 aliphatic carbocycles. The van der Waals surface area contributed by atoms with Crippen molar-refractivity contribution in [3.63, 3.8) is 0 Å². The molecule has 4 rings (SSSR count). The second-order valence-electron chi connectivity index (χ2n) is 7.01. The summed E-state index contributed by atoms with van der Waals surface area (Å²) < 4.78 is 13.3. The molecule has 30 heavy (non-hydrogen) atoms. The van der Waals surface area contributed by atoms with Gasteiger partial charge in [0.2, 0.25) is 0 Å². The van der Waals surface area contributed by atoms with Gasteiger partial charge >= 0.3 is 0 Å². The van der Waals surface area contributed by atoms with Gasteiger partial charge in [0.1, 0.15) is 17.3 Å². The van der Waals surface area contributed by atoms with Gasteiger partial charge in [0, 0.05) is 12.1 Å². The van der Waals surface area contributed by atoms with Gasteiger partial charge in [-0.15, -0.1) is 0 Å². The van der Waals surface area contributed by atoms with Gasteiger partial charge in [-0.25, -0.2) is 4.39 Å². The van der Waals surface area contributed by atoms with Crippen molar-refractivity contribution in [3.8, 4) is 5.75 Å². The topological polar surface area (TPSA) is 77.8 Å². The van der Waals surface area contributed by atoms with Crippen LogP contribution in [0, 0.1) is 5.82 Å². The highest BCUT2D eigenvalue weighted by molar-refractivity contribution is 6.46. The maximum absolute atomic E-state index is 13.3. The number of carbonyl (C=O) groups is 2. The molecule has 0 aromatic heterocycles. The Morgan fingerprint density at radius 1 is 0.900 bits per heavy atom. The van der Waals surface area contributed by atoms with Gasteiger partial charge < -0.3 is 15.1 Å². The van der Waals surface area contributed by atoms with E-state index >= 15 is 0 Å². The predicted molar refractivity (Wildman–Crippen MR) is 109 cm³/mol. The van der Waals surface area contributed by atoms with Crippen LogP contribution in [0.1, 0.15) is 22.7 Å². The van der Waals surface area contributed by atoms with Crippen molar-refractivity contribution in [2.45, 2.75) is 12.6 Å². The SMILES string of the molecule is O=C1C(=O)N(Cc2ccc(F)cc2)C(c2ccc(O)cc2)/C1=C(/O)c1ccccc1. The van der Waals surface area contributed by atoms with E-state index in [2.05, 4.69) is 0 Å². The Balaban J connectivity index is 1.84. The van der Waals surface area contributed by atoms with Crippen LogP contribution < -0.4 is 0 Å². The molecule has 1 aliphatic heterocycles. The molecule has 150 valence electrons. The molecule has 1 unspecified atom stereocenters. The number of benzene rings is 3. The van der Waals surface area contributed by atoms with Crippen molar-refractivity contribution in [1.29, 1.82) is 0 Å². The molecule has 1 fully saturated rings. The molecule has 2 N–H and O–H groups in total. The van der Waals surface area contributed by atoms with E-state index in [-0.39, 0.29) is 23.6 Å². The summed E-state index contributed by atoms with van der Waals surface area (Å²) in [7, 11) is 0. The highest BCUT2D eigenvalue weighted by atomic mass is 19.1. The summed E-state index contributed by atoms with van der Waals surface area (Å²) in [6, 6.07) is 19.4. The lowest BCUT2D eigenvalue weighted by Crippen LogP contribution is -2.29. The zero-order chi connectivity index (χ0) is 21.3. The van der Waals surface area contributed by atoms with Crippen molar-refractivity contribution < 1.29 is 24.2 Å². The molecule has 0 spiro atoms. The lowest BCUT2D eigenvalue weighted by atomic mass is 9.95. The minimum absolute atomic E-state index is 0.0287. The van der Waals surface area contributed by atoms with E-state index in [0.29, 0.717) is 16.7 Å². The van der Waals surface area contributed by atoms with Gasteiger partial charge in [0.05, 0.1) is 11.6 Å². The number of ketones is 1. The first-order chi connectivity index (χ1) is 14.5. The molecule has 1 atom stereocenters. The van der Waals surface area contributed by atoms with Crippen LogP contribution in [0.4, 0.5) is 4.39 Å².